The number of amides is 5. The quantitative estimate of drug-likeness (QED) is 0.0527. The fourth-order valence-electron chi connectivity index (χ4n) is 7.88. The first-order valence-corrected chi connectivity index (χ1v) is 23.8. The van der Waals surface area contributed by atoms with Crippen molar-refractivity contribution < 1.29 is 33.5 Å². The Hall–Kier alpha value is -2.68. The third-order valence-electron chi connectivity index (χ3n) is 10.8. The highest BCUT2D eigenvalue weighted by Crippen LogP contribution is 2.49. The largest absolute Gasteiger partial charge is 0.347 e. The highest BCUT2D eigenvalue weighted by molar-refractivity contribution is 8.00. The van der Waals surface area contributed by atoms with Gasteiger partial charge in [0.15, 0.2) is 0 Å². The molecule has 6 N–H and O–H groups in total. The molecule has 2 aromatic rings. The van der Waals surface area contributed by atoms with Crippen LogP contribution >= 0.6 is 42.9 Å². The molecule has 12 nitrogen and oxygen atoms in total. The van der Waals surface area contributed by atoms with E-state index < -0.39 is 43.2 Å². The summed E-state index contributed by atoms with van der Waals surface area (Å²) in [5.74, 6) is -3.33. The molecule has 16 heteroatoms. The van der Waals surface area contributed by atoms with Gasteiger partial charge in [0.2, 0.25) is 17.7 Å². The maximum absolute atomic E-state index is 14.0. The molecule has 3 fully saturated rings. The number of thioether (sulfide) groups is 3. The first-order chi connectivity index (χ1) is 25.7. The third-order valence-corrected chi connectivity index (χ3v) is 15.1. The van der Waals surface area contributed by atoms with Crippen LogP contribution in [0.2, 0.25) is 0 Å². The van der Waals surface area contributed by atoms with Gasteiger partial charge in [-0.25, -0.2) is 4.79 Å². The molecule has 0 bridgehead atoms. The number of likely N-dealkylation sites (tertiary alicyclic amines) is 1. The molecule has 7 unspecified atom stereocenters. The Kier molecular flexibility index (Phi) is 14.9. The monoisotopic (exact) mass is 819 g/mol. The highest BCUT2D eigenvalue weighted by atomic mass is 32.2. The number of carbonyl (C=O) groups is 4. The zero-order valence-corrected chi connectivity index (χ0v) is 34.9. The molecular weight excluding hydrogens is 766 g/mol. The Labute approximate surface area is 331 Å². The first kappa shape index (κ1) is 42.5. The van der Waals surface area contributed by atoms with Crippen molar-refractivity contribution in [2.24, 2.45) is 11.8 Å². The van der Waals surface area contributed by atoms with Crippen LogP contribution in [0.4, 0.5) is 4.79 Å². The summed E-state index contributed by atoms with van der Waals surface area (Å²) in [6.07, 6.45) is 7.42. The number of carbonyl (C=O) groups excluding carboxylic acids is 4. The Bertz CT molecular complexity index is 1630. The Morgan fingerprint density at radius 3 is 2.11 bits per heavy atom. The molecular formula is C38H54N5O7PS3. The molecule has 0 spiro atoms. The van der Waals surface area contributed by atoms with Crippen molar-refractivity contribution in [2.75, 3.05) is 24.8 Å². The molecule has 2 aromatic carbocycles. The second kappa shape index (κ2) is 19.0. The van der Waals surface area contributed by atoms with Gasteiger partial charge < -0.3 is 36.0 Å². The molecule has 7 atom stereocenters. The number of benzene rings is 2. The van der Waals surface area contributed by atoms with Crippen molar-refractivity contribution in [2.45, 2.75) is 110 Å². The van der Waals surface area contributed by atoms with Crippen molar-refractivity contribution in [3.63, 3.8) is 0 Å². The number of hydrogen-bond donors (Lipinski definition) is 6. The zero-order valence-electron chi connectivity index (χ0n) is 31.5. The second-order valence-electron chi connectivity index (χ2n) is 14.8. The summed E-state index contributed by atoms with van der Waals surface area (Å²) < 4.78 is 13.2. The number of rotatable bonds is 17. The van der Waals surface area contributed by atoms with Gasteiger partial charge in [0.05, 0.1) is 12.1 Å². The number of fused-ring (bicyclic) bond motifs is 1. The Morgan fingerprint density at radius 2 is 1.56 bits per heavy atom. The number of unbranched alkanes of at least 4 members (excludes halogenated alkanes) is 1. The minimum absolute atomic E-state index is 0.112. The predicted molar refractivity (Wildman–Crippen MR) is 217 cm³/mol. The molecule has 296 valence electrons. The van der Waals surface area contributed by atoms with Crippen LogP contribution in [0, 0.1) is 11.8 Å². The van der Waals surface area contributed by atoms with Crippen molar-refractivity contribution in [3.8, 4) is 0 Å². The van der Waals surface area contributed by atoms with Crippen LogP contribution in [0.1, 0.15) is 76.3 Å². The standard InChI is InChI=1S/C38H54N5O7PS3/c1-22(2)33(40-31(44)11-7-6-10-30-34-28(21-54-30)39-38(47)41-34)37(46)43-20-8-9-29(43)35(45)42-36(51(48,49)50)23(3)32(24-12-16-26(52-4)17-13-24)25-14-18-27(53-5)19-15-25/h12-19,22-23,28-30,32-34,36H,6-11,20-21H2,1-5H3,(H,40,44)(H,42,45)(H2,39,41,47)(H2,48,49,50). The van der Waals surface area contributed by atoms with E-state index in [0.717, 1.165) is 39.5 Å². The van der Waals surface area contributed by atoms with E-state index in [1.54, 1.807) is 30.4 Å². The fraction of sp³-hybridized carbons (Fsp3) is 0.579. The van der Waals surface area contributed by atoms with Gasteiger partial charge in [-0.1, -0.05) is 51.5 Å². The molecule has 54 heavy (non-hydrogen) atoms. The lowest BCUT2D eigenvalue weighted by atomic mass is 9.81. The summed E-state index contributed by atoms with van der Waals surface area (Å²) in [7, 11) is -4.90. The van der Waals surface area contributed by atoms with Gasteiger partial charge in [0.25, 0.3) is 0 Å². The minimum atomic E-state index is -4.90. The number of urea groups is 1. The summed E-state index contributed by atoms with van der Waals surface area (Å²) in [6, 6.07) is 14.1. The average molecular weight is 820 g/mol. The van der Waals surface area contributed by atoms with Crippen molar-refractivity contribution in [1.82, 2.24) is 26.2 Å². The Morgan fingerprint density at radius 1 is 0.944 bits per heavy atom. The molecule has 5 rings (SSSR count). The highest BCUT2D eigenvalue weighted by Gasteiger charge is 2.45. The van der Waals surface area contributed by atoms with E-state index in [-0.39, 0.29) is 42.3 Å². The van der Waals surface area contributed by atoms with Crippen molar-refractivity contribution in [1.29, 1.82) is 0 Å². The molecule has 0 aromatic heterocycles. The summed E-state index contributed by atoms with van der Waals surface area (Å²) in [5, 5.41) is 11.9. The van der Waals surface area contributed by atoms with Crippen LogP contribution in [0.3, 0.4) is 0 Å². The van der Waals surface area contributed by atoms with Crippen LogP contribution in [0.5, 0.6) is 0 Å². The molecule has 5 amide bonds. The lowest BCUT2D eigenvalue weighted by Gasteiger charge is -2.35. The minimum Gasteiger partial charge on any atom is -0.344 e. The van der Waals surface area contributed by atoms with Gasteiger partial charge in [-0.05, 0) is 85.4 Å². The number of hydrogen-bond acceptors (Lipinski definition) is 8. The molecule has 0 saturated carbocycles. The van der Waals surface area contributed by atoms with E-state index in [1.807, 2.05) is 86.7 Å². The van der Waals surface area contributed by atoms with E-state index in [1.165, 1.54) is 4.90 Å². The van der Waals surface area contributed by atoms with Gasteiger partial charge in [0.1, 0.15) is 17.9 Å². The van der Waals surface area contributed by atoms with E-state index in [2.05, 4.69) is 21.3 Å². The maximum Gasteiger partial charge on any atom is 0.347 e. The van der Waals surface area contributed by atoms with Gasteiger partial charge in [0, 0.05) is 39.7 Å². The van der Waals surface area contributed by atoms with Gasteiger partial charge in [-0.15, -0.1) is 23.5 Å². The molecule has 3 saturated heterocycles. The predicted octanol–water partition coefficient (Wildman–Crippen LogP) is 5.38. The first-order valence-electron chi connectivity index (χ1n) is 18.6. The SMILES string of the molecule is CSc1ccc(C(c2ccc(SC)cc2)C(C)C(NC(=O)C2CCCN2C(=O)C(NC(=O)CCCCC2SCC3NC(=O)NC32)C(C)C)P(=O)(O)O)cc1. The van der Waals surface area contributed by atoms with Crippen LogP contribution in [-0.4, -0.2) is 98.4 Å². The van der Waals surface area contributed by atoms with Crippen LogP contribution in [0.15, 0.2) is 58.3 Å². The van der Waals surface area contributed by atoms with E-state index >= 15 is 0 Å². The zero-order chi connectivity index (χ0) is 39.2. The van der Waals surface area contributed by atoms with Crippen LogP contribution in [-0.2, 0) is 18.9 Å². The summed E-state index contributed by atoms with van der Waals surface area (Å²) in [5.41, 5.74) is 1.73. The molecule has 3 aliphatic heterocycles. The van der Waals surface area contributed by atoms with Gasteiger partial charge >= 0.3 is 13.6 Å². The summed E-state index contributed by atoms with van der Waals surface area (Å²) >= 11 is 5.03. The lowest BCUT2D eigenvalue weighted by Crippen LogP contribution is -2.56. The molecule has 0 aliphatic carbocycles. The summed E-state index contributed by atoms with van der Waals surface area (Å²) in [6.45, 7) is 5.73. The number of nitrogens with zero attached hydrogens (tertiary/aromatic N) is 1. The van der Waals surface area contributed by atoms with E-state index in [0.29, 0.717) is 31.1 Å². The fourth-order valence-corrected chi connectivity index (χ4v) is 11.3. The molecule has 3 aliphatic rings. The second-order valence-corrected chi connectivity index (χ2v) is 19.5. The summed E-state index contributed by atoms with van der Waals surface area (Å²) in [4.78, 5) is 77.8. The molecule has 3 heterocycles. The lowest BCUT2D eigenvalue weighted by molar-refractivity contribution is -0.142. The molecule has 0 radical (unpaired) electrons. The topological polar surface area (TPSA) is 177 Å². The van der Waals surface area contributed by atoms with Crippen LogP contribution < -0.4 is 21.3 Å². The van der Waals surface area contributed by atoms with Crippen LogP contribution in [0.25, 0.3) is 0 Å². The van der Waals surface area contributed by atoms with E-state index in [4.69, 9.17) is 0 Å². The van der Waals surface area contributed by atoms with Crippen molar-refractivity contribution >= 4 is 66.6 Å². The number of nitrogens with one attached hydrogen (secondary N) is 4. The normalized spacial score (nSPS) is 22.8. The smallest absolute Gasteiger partial charge is 0.344 e. The average Bonchev–Trinajstić information content (AvgIpc) is 3.88. The maximum atomic E-state index is 14.0. The Balaban J connectivity index is 1.24. The van der Waals surface area contributed by atoms with Gasteiger partial charge in [-0.2, -0.15) is 11.8 Å². The van der Waals surface area contributed by atoms with Crippen molar-refractivity contribution in [3.05, 3.63) is 59.7 Å². The van der Waals surface area contributed by atoms with E-state index in [9.17, 15) is 33.5 Å². The third kappa shape index (κ3) is 10.4. The van der Waals surface area contributed by atoms with Gasteiger partial charge in [-0.3, -0.25) is 18.9 Å².